The normalized spacial score (nSPS) is 11.9. The van der Waals surface area contributed by atoms with Gasteiger partial charge in [-0.2, -0.15) is 8.42 Å². The van der Waals surface area contributed by atoms with Gasteiger partial charge in [-0.15, -0.1) is 0 Å². The maximum Gasteiger partial charge on any atom is 0.526 e. The molecule has 0 saturated heterocycles. The number of hydrogen-bond acceptors (Lipinski definition) is 7. The van der Waals surface area contributed by atoms with Gasteiger partial charge in [0.25, 0.3) is 0 Å². The van der Waals surface area contributed by atoms with E-state index in [1.807, 2.05) is 0 Å². The summed E-state index contributed by atoms with van der Waals surface area (Å²) in [6.07, 6.45) is -1.63. The molecule has 0 unspecified atom stereocenters. The van der Waals surface area contributed by atoms with E-state index in [-0.39, 0.29) is 0 Å². The summed E-state index contributed by atoms with van der Waals surface area (Å²) in [5, 5.41) is 0. The lowest BCUT2D eigenvalue weighted by Gasteiger charge is -2.04. The number of hydrogen-bond donors (Lipinski definition) is 3. The van der Waals surface area contributed by atoms with Crippen LogP contribution in [-0.4, -0.2) is 34.7 Å². The van der Waals surface area contributed by atoms with E-state index in [1.165, 1.54) is 0 Å². The molecule has 0 amide bonds. The summed E-state index contributed by atoms with van der Waals surface area (Å²) in [6, 6.07) is 0. The summed E-state index contributed by atoms with van der Waals surface area (Å²) in [7, 11) is -9.95. The van der Waals surface area contributed by atoms with Gasteiger partial charge in [0.05, 0.1) is 12.8 Å². The van der Waals surface area contributed by atoms with Crippen LogP contribution < -0.4 is 0 Å². The smallest absolute Gasteiger partial charge is 0.371 e. The van der Waals surface area contributed by atoms with Crippen LogP contribution in [0, 0.1) is 0 Å². The van der Waals surface area contributed by atoms with Crippen LogP contribution in [-0.2, 0) is 33.3 Å². The van der Waals surface area contributed by atoms with Gasteiger partial charge in [0, 0.05) is 0 Å². The number of carbonyl (C=O) groups is 2. The van der Waals surface area contributed by atoms with E-state index in [4.69, 9.17) is 14.3 Å². The van der Waals surface area contributed by atoms with E-state index in [9.17, 15) is 22.6 Å². The van der Waals surface area contributed by atoms with Gasteiger partial charge in [-0.1, -0.05) is 0 Å². The van der Waals surface area contributed by atoms with Gasteiger partial charge in [-0.3, -0.25) is 23.9 Å². The van der Waals surface area contributed by atoms with E-state index >= 15 is 0 Å². The number of rotatable bonds is 5. The first-order chi connectivity index (χ1) is 6.99. The molecule has 12 heteroatoms. The van der Waals surface area contributed by atoms with Crippen LogP contribution in [0.3, 0.4) is 0 Å². The third-order valence-corrected chi connectivity index (χ3v) is 1.79. The molecule has 94 valence electrons. The number of carbonyl (C=O) groups excluding carboxylic acids is 2. The Morgan fingerprint density at radius 2 is 1.56 bits per heavy atom. The third kappa shape index (κ3) is 9.55. The van der Waals surface area contributed by atoms with E-state index in [1.54, 1.807) is 0 Å². The zero-order valence-corrected chi connectivity index (χ0v) is 9.18. The van der Waals surface area contributed by atoms with Crippen molar-refractivity contribution >= 4 is 30.2 Å². The number of phosphoric ester groups is 1. The predicted octanol–water partition coefficient (Wildman–Crippen LogP) is -1.25. The van der Waals surface area contributed by atoms with Crippen LogP contribution in [0.25, 0.3) is 0 Å². The van der Waals surface area contributed by atoms with Crippen molar-refractivity contribution in [3.8, 4) is 0 Å². The highest BCUT2D eigenvalue weighted by Crippen LogP contribution is 2.36. The molecular weight excluding hydrogens is 271 g/mol. The molecule has 0 aliphatic heterocycles. The minimum atomic E-state index is -4.99. The highest BCUT2D eigenvalue weighted by Gasteiger charge is 2.22. The molecule has 0 fully saturated rings. The van der Waals surface area contributed by atoms with Gasteiger partial charge in [0.1, 0.15) is 0 Å². The van der Waals surface area contributed by atoms with Crippen molar-refractivity contribution in [2.45, 2.75) is 12.8 Å². The van der Waals surface area contributed by atoms with Crippen molar-refractivity contribution in [2.24, 2.45) is 0 Å². The molecule has 0 aliphatic carbocycles. The topological polar surface area (TPSA) is 164 Å². The average Bonchev–Trinajstić information content (AvgIpc) is 1.94. The quantitative estimate of drug-likeness (QED) is 0.408. The SMILES string of the molecule is O=C(CCC(=O)OS(=O)(=O)O)OP(=O)(O)O. The van der Waals surface area contributed by atoms with Crippen molar-refractivity contribution in [1.29, 1.82) is 0 Å². The van der Waals surface area contributed by atoms with Crippen LogP contribution in [0.2, 0.25) is 0 Å². The average molecular weight is 278 g/mol. The van der Waals surface area contributed by atoms with Crippen LogP contribution in [0.15, 0.2) is 0 Å². The maximum atomic E-state index is 10.6. The van der Waals surface area contributed by atoms with Gasteiger partial charge in [-0.05, 0) is 0 Å². The standard InChI is InChI=1S/C4H7O10PS/c5-3(13-15(7,8)9)1-2-4(6)14-16(10,11)12/h1-2H2,(H2,7,8,9)(H,10,11,12). The Morgan fingerprint density at radius 3 is 1.94 bits per heavy atom. The lowest BCUT2D eigenvalue weighted by Crippen LogP contribution is -2.13. The molecule has 0 aromatic carbocycles. The molecule has 3 N–H and O–H groups in total. The summed E-state index contributed by atoms with van der Waals surface area (Å²) in [5.74, 6) is -2.88. The van der Waals surface area contributed by atoms with Crippen molar-refractivity contribution in [3.05, 3.63) is 0 Å². The molecule has 0 atom stereocenters. The van der Waals surface area contributed by atoms with Gasteiger partial charge < -0.3 is 8.71 Å². The highest BCUT2D eigenvalue weighted by atomic mass is 32.3. The summed E-state index contributed by atoms with van der Waals surface area (Å²) < 4.78 is 45.0. The first kappa shape index (κ1) is 15.0. The molecule has 0 bridgehead atoms. The van der Waals surface area contributed by atoms with Gasteiger partial charge in [0.15, 0.2) is 0 Å². The Balaban J connectivity index is 4.04. The summed E-state index contributed by atoms with van der Waals surface area (Å²) in [4.78, 5) is 37.5. The molecule has 0 radical (unpaired) electrons. The summed E-state index contributed by atoms with van der Waals surface area (Å²) >= 11 is 0. The second-order valence-electron chi connectivity index (χ2n) is 2.34. The fraction of sp³-hybridized carbons (Fsp3) is 0.500. The fourth-order valence-electron chi connectivity index (χ4n) is 0.542. The second kappa shape index (κ2) is 5.37. The first-order valence-corrected chi connectivity index (χ1v) is 6.37. The van der Waals surface area contributed by atoms with Gasteiger partial charge in [0.2, 0.25) is 0 Å². The molecule has 0 saturated carbocycles. The lowest BCUT2D eigenvalue weighted by molar-refractivity contribution is -0.141. The molecular formula is C4H7O10PS. The molecule has 0 rings (SSSR count). The molecule has 0 aromatic rings. The lowest BCUT2D eigenvalue weighted by atomic mass is 10.3. The summed E-state index contributed by atoms with van der Waals surface area (Å²) in [5.41, 5.74) is 0. The van der Waals surface area contributed by atoms with Crippen molar-refractivity contribution < 1.29 is 45.6 Å². The maximum absolute atomic E-state index is 10.6. The van der Waals surface area contributed by atoms with Crippen LogP contribution in [0.5, 0.6) is 0 Å². The molecule has 0 aromatic heterocycles. The van der Waals surface area contributed by atoms with Crippen molar-refractivity contribution in [3.63, 3.8) is 0 Å². The van der Waals surface area contributed by atoms with E-state index in [2.05, 4.69) is 8.71 Å². The number of phosphoric acid groups is 1. The Morgan fingerprint density at radius 1 is 1.12 bits per heavy atom. The Labute approximate surface area is 89.4 Å². The molecule has 16 heavy (non-hydrogen) atoms. The van der Waals surface area contributed by atoms with E-state index in [0.717, 1.165) is 0 Å². The Kier molecular flexibility index (Phi) is 5.03. The molecule has 0 aliphatic rings. The van der Waals surface area contributed by atoms with Gasteiger partial charge >= 0.3 is 30.2 Å². The minimum Gasteiger partial charge on any atom is -0.371 e. The van der Waals surface area contributed by atoms with E-state index < -0.39 is 43.0 Å². The molecule has 10 nitrogen and oxygen atoms in total. The van der Waals surface area contributed by atoms with Crippen LogP contribution in [0.1, 0.15) is 12.8 Å². The van der Waals surface area contributed by atoms with Crippen LogP contribution >= 0.6 is 7.82 Å². The second-order valence-corrected chi connectivity index (χ2v) is 4.52. The Hall–Kier alpha value is -1.00. The highest BCUT2D eigenvalue weighted by molar-refractivity contribution is 7.81. The van der Waals surface area contributed by atoms with Crippen LogP contribution in [0.4, 0.5) is 0 Å². The van der Waals surface area contributed by atoms with E-state index in [0.29, 0.717) is 0 Å². The van der Waals surface area contributed by atoms with Crippen molar-refractivity contribution in [2.75, 3.05) is 0 Å². The summed E-state index contributed by atoms with van der Waals surface area (Å²) in [6.45, 7) is 0. The van der Waals surface area contributed by atoms with Crippen molar-refractivity contribution in [1.82, 2.24) is 0 Å². The largest absolute Gasteiger partial charge is 0.526 e. The minimum absolute atomic E-state index is 0.806. The third-order valence-electron chi connectivity index (χ3n) is 0.952. The molecule has 0 spiro atoms. The zero-order valence-electron chi connectivity index (χ0n) is 7.47. The molecule has 0 heterocycles. The fourth-order valence-corrected chi connectivity index (χ4v) is 1.22. The Bertz CT molecular complexity index is 416. The first-order valence-electron chi connectivity index (χ1n) is 3.47. The monoisotopic (exact) mass is 278 g/mol. The predicted molar refractivity (Wildman–Crippen MR) is 45.0 cm³/mol. The van der Waals surface area contributed by atoms with Gasteiger partial charge in [-0.25, -0.2) is 4.57 Å². The zero-order chi connectivity index (χ0) is 13.0.